The smallest absolute Gasteiger partial charge is 0.135 e. The van der Waals surface area contributed by atoms with Gasteiger partial charge in [-0.1, -0.05) is 6.42 Å². The molecule has 4 heteroatoms. The third-order valence-corrected chi connectivity index (χ3v) is 4.12. The first-order valence-electron chi connectivity index (χ1n) is 7.10. The van der Waals surface area contributed by atoms with E-state index in [1.54, 1.807) is 6.33 Å². The van der Waals surface area contributed by atoms with Gasteiger partial charge in [-0.25, -0.2) is 9.97 Å². The summed E-state index contributed by atoms with van der Waals surface area (Å²) < 4.78 is 0. The fraction of sp³-hybridized carbons (Fsp3) is 0.714. The molecule has 1 fully saturated rings. The van der Waals surface area contributed by atoms with Crippen molar-refractivity contribution < 1.29 is 5.11 Å². The number of hydrogen-bond donors (Lipinski definition) is 1. The van der Waals surface area contributed by atoms with Crippen molar-refractivity contribution in [2.24, 2.45) is 0 Å². The molecule has 1 N–H and O–H groups in total. The number of aryl methyl sites for hydroxylation is 1. The molecule has 1 aromatic rings. The number of anilines is 1. The summed E-state index contributed by atoms with van der Waals surface area (Å²) in [6, 6.07) is 0. The summed E-state index contributed by atoms with van der Waals surface area (Å²) in [5, 5.41) is 9.60. The van der Waals surface area contributed by atoms with E-state index in [4.69, 9.17) is 0 Å². The SMILES string of the molecule is OC1CCN(c2ncnc3c2CCCCC3)CC1. The van der Waals surface area contributed by atoms with Crippen LogP contribution in [0.15, 0.2) is 6.33 Å². The molecule has 0 amide bonds. The Bertz CT molecular complexity index is 414. The van der Waals surface area contributed by atoms with Crippen molar-refractivity contribution in [2.75, 3.05) is 18.0 Å². The summed E-state index contributed by atoms with van der Waals surface area (Å²) in [5.74, 6) is 1.13. The van der Waals surface area contributed by atoms with Crippen LogP contribution in [0.1, 0.15) is 43.4 Å². The topological polar surface area (TPSA) is 49.2 Å². The fourth-order valence-electron chi connectivity index (χ4n) is 3.03. The van der Waals surface area contributed by atoms with Crippen LogP contribution >= 0.6 is 0 Å². The number of aliphatic hydroxyl groups excluding tert-OH is 1. The third kappa shape index (κ3) is 2.34. The van der Waals surface area contributed by atoms with Crippen LogP contribution in [0.25, 0.3) is 0 Å². The number of hydrogen-bond acceptors (Lipinski definition) is 4. The number of rotatable bonds is 1. The maximum Gasteiger partial charge on any atom is 0.135 e. The molecule has 0 saturated carbocycles. The predicted octanol–water partition coefficient (Wildman–Crippen LogP) is 1.71. The van der Waals surface area contributed by atoms with E-state index in [2.05, 4.69) is 14.9 Å². The fourth-order valence-corrected chi connectivity index (χ4v) is 3.03. The molecule has 0 bridgehead atoms. The van der Waals surface area contributed by atoms with Crippen molar-refractivity contribution in [2.45, 2.75) is 51.0 Å². The van der Waals surface area contributed by atoms with Gasteiger partial charge in [0.05, 0.1) is 6.10 Å². The minimum Gasteiger partial charge on any atom is -0.393 e. The van der Waals surface area contributed by atoms with E-state index in [0.717, 1.165) is 44.6 Å². The number of nitrogens with zero attached hydrogens (tertiary/aromatic N) is 3. The maximum atomic E-state index is 9.60. The normalized spacial score (nSPS) is 21.5. The van der Waals surface area contributed by atoms with Crippen LogP contribution in [0.4, 0.5) is 5.82 Å². The first kappa shape index (κ1) is 11.9. The van der Waals surface area contributed by atoms with Crippen LogP contribution in [-0.2, 0) is 12.8 Å². The summed E-state index contributed by atoms with van der Waals surface area (Å²) in [7, 11) is 0. The zero-order valence-corrected chi connectivity index (χ0v) is 10.8. The Morgan fingerprint density at radius 3 is 2.67 bits per heavy atom. The van der Waals surface area contributed by atoms with E-state index in [0.29, 0.717) is 0 Å². The van der Waals surface area contributed by atoms with Gasteiger partial charge in [-0.3, -0.25) is 0 Å². The van der Waals surface area contributed by atoms with Gasteiger partial charge in [-0.15, -0.1) is 0 Å². The lowest BCUT2D eigenvalue weighted by molar-refractivity contribution is 0.145. The van der Waals surface area contributed by atoms with Gasteiger partial charge < -0.3 is 10.0 Å². The largest absolute Gasteiger partial charge is 0.393 e. The van der Waals surface area contributed by atoms with E-state index < -0.39 is 0 Å². The predicted molar refractivity (Wildman–Crippen MR) is 70.7 cm³/mol. The minimum atomic E-state index is -0.123. The van der Waals surface area contributed by atoms with Crippen molar-refractivity contribution in [1.82, 2.24) is 9.97 Å². The lowest BCUT2D eigenvalue weighted by Crippen LogP contribution is -2.37. The molecule has 1 aromatic heterocycles. The van der Waals surface area contributed by atoms with Gasteiger partial charge in [-0.2, -0.15) is 0 Å². The Hall–Kier alpha value is -1.16. The second-order valence-corrected chi connectivity index (χ2v) is 5.40. The molecule has 0 spiro atoms. The van der Waals surface area contributed by atoms with Gasteiger partial charge in [-0.05, 0) is 38.5 Å². The van der Waals surface area contributed by atoms with Crippen molar-refractivity contribution in [1.29, 1.82) is 0 Å². The average Bonchev–Trinajstić information content (AvgIpc) is 2.64. The van der Waals surface area contributed by atoms with E-state index in [1.165, 1.54) is 30.5 Å². The Kier molecular flexibility index (Phi) is 3.46. The van der Waals surface area contributed by atoms with Crippen molar-refractivity contribution in [3.05, 3.63) is 17.6 Å². The van der Waals surface area contributed by atoms with Gasteiger partial charge in [0.15, 0.2) is 0 Å². The standard InChI is InChI=1S/C14H21N3O/c18-11-6-8-17(9-7-11)14-12-4-2-1-3-5-13(12)15-10-16-14/h10-11,18H,1-9H2. The Morgan fingerprint density at radius 1 is 1.06 bits per heavy atom. The second kappa shape index (κ2) is 5.22. The molecule has 1 aliphatic carbocycles. The summed E-state index contributed by atoms with van der Waals surface area (Å²) in [4.78, 5) is 11.3. The van der Waals surface area contributed by atoms with E-state index >= 15 is 0 Å². The molecule has 2 aliphatic rings. The molecule has 0 radical (unpaired) electrons. The zero-order chi connectivity index (χ0) is 12.4. The number of piperidine rings is 1. The first-order chi connectivity index (χ1) is 8.84. The van der Waals surface area contributed by atoms with Crippen LogP contribution < -0.4 is 4.90 Å². The zero-order valence-electron chi connectivity index (χ0n) is 10.8. The quantitative estimate of drug-likeness (QED) is 0.767. The molecule has 18 heavy (non-hydrogen) atoms. The number of aromatic nitrogens is 2. The summed E-state index contributed by atoms with van der Waals surface area (Å²) in [6.07, 6.45) is 9.33. The van der Waals surface area contributed by atoms with Crippen molar-refractivity contribution >= 4 is 5.82 Å². The summed E-state index contributed by atoms with van der Waals surface area (Å²) >= 11 is 0. The number of aliphatic hydroxyl groups is 1. The molecule has 1 saturated heterocycles. The summed E-state index contributed by atoms with van der Waals surface area (Å²) in [5.41, 5.74) is 2.62. The van der Waals surface area contributed by atoms with E-state index in [1.807, 2.05) is 0 Å². The average molecular weight is 247 g/mol. The highest BCUT2D eigenvalue weighted by Crippen LogP contribution is 2.28. The Labute approximate surface area is 108 Å². The second-order valence-electron chi connectivity index (χ2n) is 5.40. The number of fused-ring (bicyclic) bond motifs is 1. The van der Waals surface area contributed by atoms with Gasteiger partial charge in [0.25, 0.3) is 0 Å². The Balaban J connectivity index is 1.87. The van der Waals surface area contributed by atoms with E-state index in [9.17, 15) is 5.11 Å². The van der Waals surface area contributed by atoms with Crippen LogP contribution in [0.5, 0.6) is 0 Å². The van der Waals surface area contributed by atoms with Gasteiger partial charge in [0.2, 0.25) is 0 Å². The minimum absolute atomic E-state index is 0.123. The highest BCUT2D eigenvalue weighted by molar-refractivity contribution is 5.49. The lowest BCUT2D eigenvalue weighted by atomic mass is 10.0. The van der Waals surface area contributed by atoms with Crippen molar-refractivity contribution in [3.8, 4) is 0 Å². The molecule has 3 rings (SSSR count). The highest BCUT2D eigenvalue weighted by atomic mass is 16.3. The third-order valence-electron chi connectivity index (χ3n) is 4.12. The van der Waals surface area contributed by atoms with E-state index in [-0.39, 0.29) is 6.10 Å². The molecule has 1 aliphatic heterocycles. The van der Waals surface area contributed by atoms with Crippen LogP contribution in [-0.4, -0.2) is 34.3 Å². The maximum absolute atomic E-state index is 9.60. The Morgan fingerprint density at radius 2 is 1.83 bits per heavy atom. The van der Waals surface area contributed by atoms with Crippen LogP contribution in [0, 0.1) is 0 Å². The first-order valence-corrected chi connectivity index (χ1v) is 7.10. The molecular formula is C14H21N3O. The van der Waals surface area contributed by atoms with Gasteiger partial charge in [0.1, 0.15) is 12.1 Å². The van der Waals surface area contributed by atoms with Crippen LogP contribution in [0.2, 0.25) is 0 Å². The molecule has 4 nitrogen and oxygen atoms in total. The highest BCUT2D eigenvalue weighted by Gasteiger charge is 2.22. The molecule has 98 valence electrons. The molecule has 0 unspecified atom stereocenters. The lowest BCUT2D eigenvalue weighted by Gasteiger charge is -2.32. The van der Waals surface area contributed by atoms with Crippen LogP contribution in [0.3, 0.4) is 0 Å². The molecular weight excluding hydrogens is 226 g/mol. The monoisotopic (exact) mass is 247 g/mol. The molecule has 2 heterocycles. The van der Waals surface area contributed by atoms with Gasteiger partial charge >= 0.3 is 0 Å². The molecule has 0 atom stereocenters. The van der Waals surface area contributed by atoms with Gasteiger partial charge in [0, 0.05) is 24.3 Å². The molecule has 0 aromatic carbocycles. The van der Waals surface area contributed by atoms with Crippen molar-refractivity contribution in [3.63, 3.8) is 0 Å². The summed E-state index contributed by atoms with van der Waals surface area (Å²) in [6.45, 7) is 1.84.